The molecule has 0 heterocycles. The van der Waals surface area contributed by atoms with Crippen molar-refractivity contribution in [3.05, 3.63) is 59.9 Å². The fourth-order valence-corrected chi connectivity index (χ4v) is 2.61. The quantitative estimate of drug-likeness (QED) is 0.573. The third-order valence-electron chi connectivity index (χ3n) is 3.24. The van der Waals surface area contributed by atoms with E-state index in [4.69, 9.17) is 0 Å². The molecule has 2 N–H and O–H groups in total. The van der Waals surface area contributed by atoms with Gasteiger partial charge in [0, 0.05) is 16.1 Å². The van der Waals surface area contributed by atoms with Gasteiger partial charge in [-0.1, -0.05) is 0 Å². The van der Waals surface area contributed by atoms with Gasteiger partial charge in [-0.05, 0) is 48.5 Å². The van der Waals surface area contributed by atoms with Gasteiger partial charge in [-0.15, -0.1) is 11.8 Å². The molecule has 0 saturated heterocycles. The number of hydrogen-bond donors (Lipinski definition) is 2. The van der Waals surface area contributed by atoms with E-state index in [9.17, 15) is 18.8 Å². The summed E-state index contributed by atoms with van der Waals surface area (Å²) in [7, 11) is 1.24. The van der Waals surface area contributed by atoms with Crippen molar-refractivity contribution in [3.63, 3.8) is 0 Å². The molecule has 8 heteroatoms. The first-order chi connectivity index (χ1) is 12.5. The number of rotatable bonds is 7. The summed E-state index contributed by atoms with van der Waals surface area (Å²) in [5, 5.41) is 5.13. The molecule has 26 heavy (non-hydrogen) atoms. The lowest BCUT2D eigenvalue weighted by atomic mass is 10.2. The van der Waals surface area contributed by atoms with Gasteiger partial charge in [0.1, 0.15) is 12.4 Å². The van der Waals surface area contributed by atoms with Crippen LogP contribution in [0.4, 0.5) is 10.1 Å². The second-order valence-corrected chi connectivity index (χ2v) is 6.18. The first kappa shape index (κ1) is 19.5. The molecule has 0 bridgehead atoms. The summed E-state index contributed by atoms with van der Waals surface area (Å²) < 4.78 is 17.3. The summed E-state index contributed by atoms with van der Waals surface area (Å²) in [4.78, 5) is 35.6. The summed E-state index contributed by atoms with van der Waals surface area (Å²) in [5.41, 5.74) is 0.895. The zero-order valence-corrected chi connectivity index (χ0v) is 14.8. The summed E-state index contributed by atoms with van der Waals surface area (Å²) in [6.45, 7) is -0.214. The molecule has 0 aliphatic carbocycles. The Bertz CT molecular complexity index is 779. The van der Waals surface area contributed by atoms with Crippen LogP contribution in [-0.2, 0) is 14.3 Å². The highest BCUT2D eigenvalue weighted by Crippen LogP contribution is 2.18. The topological polar surface area (TPSA) is 84.5 Å². The van der Waals surface area contributed by atoms with Crippen LogP contribution >= 0.6 is 11.8 Å². The minimum Gasteiger partial charge on any atom is -0.468 e. The number of carbonyl (C=O) groups is 3. The molecule has 0 atom stereocenters. The van der Waals surface area contributed by atoms with Crippen molar-refractivity contribution in [2.45, 2.75) is 4.90 Å². The van der Waals surface area contributed by atoms with Crippen molar-refractivity contribution in [1.29, 1.82) is 0 Å². The third kappa shape index (κ3) is 6.21. The summed E-state index contributed by atoms with van der Waals surface area (Å²) in [6.07, 6.45) is 0. The van der Waals surface area contributed by atoms with Gasteiger partial charge < -0.3 is 15.4 Å². The molecule has 0 radical (unpaired) electrons. The first-order valence-electron chi connectivity index (χ1n) is 7.61. The number of amides is 2. The van der Waals surface area contributed by atoms with Crippen molar-refractivity contribution in [2.24, 2.45) is 0 Å². The molecule has 0 spiro atoms. The highest BCUT2D eigenvalue weighted by molar-refractivity contribution is 8.00. The van der Waals surface area contributed by atoms with Crippen molar-refractivity contribution in [1.82, 2.24) is 5.32 Å². The molecule has 2 aromatic rings. The largest absolute Gasteiger partial charge is 0.468 e. The van der Waals surface area contributed by atoms with Crippen LogP contribution in [0.2, 0.25) is 0 Å². The maximum atomic E-state index is 12.8. The number of nitrogens with one attached hydrogen (secondary N) is 2. The van der Waals surface area contributed by atoms with Crippen LogP contribution in [0.3, 0.4) is 0 Å². The number of methoxy groups -OCH3 is 1. The predicted octanol–water partition coefficient (Wildman–Crippen LogP) is 2.46. The summed E-state index contributed by atoms with van der Waals surface area (Å²) >= 11 is 1.29. The average Bonchev–Trinajstić information content (AvgIpc) is 2.66. The lowest BCUT2D eigenvalue weighted by Gasteiger charge is -2.07. The second-order valence-electron chi connectivity index (χ2n) is 5.13. The highest BCUT2D eigenvalue weighted by Gasteiger charge is 2.09. The lowest BCUT2D eigenvalue weighted by molar-refractivity contribution is -0.139. The summed E-state index contributed by atoms with van der Waals surface area (Å²) in [5.74, 6) is -1.33. The molecule has 2 rings (SSSR count). The van der Waals surface area contributed by atoms with E-state index < -0.39 is 11.9 Å². The number of ether oxygens (including phenoxy) is 1. The number of esters is 1. The van der Waals surface area contributed by atoms with E-state index in [-0.39, 0.29) is 24.0 Å². The van der Waals surface area contributed by atoms with Gasteiger partial charge in [0.2, 0.25) is 5.91 Å². The number of anilines is 1. The lowest BCUT2D eigenvalue weighted by Crippen LogP contribution is -2.30. The highest BCUT2D eigenvalue weighted by atomic mass is 32.2. The van der Waals surface area contributed by atoms with E-state index in [1.54, 1.807) is 24.3 Å². The Morgan fingerprint density at radius 3 is 2.31 bits per heavy atom. The second kappa shape index (κ2) is 9.57. The van der Waals surface area contributed by atoms with Gasteiger partial charge in [-0.25, -0.2) is 4.39 Å². The van der Waals surface area contributed by atoms with Gasteiger partial charge >= 0.3 is 5.97 Å². The van der Waals surface area contributed by atoms with Gasteiger partial charge in [0.25, 0.3) is 5.91 Å². The SMILES string of the molecule is COC(=O)CNC(=O)c1ccc(NC(=O)CSc2ccc(F)cc2)cc1. The van der Waals surface area contributed by atoms with Crippen molar-refractivity contribution >= 4 is 35.2 Å². The molecule has 2 aromatic carbocycles. The number of benzene rings is 2. The number of hydrogen-bond acceptors (Lipinski definition) is 5. The van der Waals surface area contributed by atoms with E-state index >= 15 is 0 Å². The Morgan fingerprint density at radius 1 is 1.04 bits per heavy atom. The number of thioether (sulfide) groups is 1. The fourth-order valence-electron chi connectivity index (χ4n) is 1.91. The fraction of sp³-hybridized carbons (Fsp3) is 0.167. The number of carbonyl (C=O) groups excluding carboxylic acids is 3. The molecule has 0 aliphatic rings. The van der Waals surface area contributed by atoms with Gasteiger partial charge in [-0.3, -0.25) is 14.4 Å². The van der Waals surface area contributed by atoms with E-state index in [1.165, 1.54) is 43.1 Å². The Kier molecular flexibility index (Phi) is 7.16. The van der Waals surface area contributed by atoms with Gasteiger partial charge in [0.15, 0.2) is 0 Å². The maximum Gasteiger partial charge on any atom is 0.325 e. The third-order valence-corrected chi connectivity index (χ3v) is 4.25. The maximum absolute atomic E-state index is 12.8. The Hall–Kier alpha value is -2.87. The predicted molar refractivity (Wildman–Crippen MR) is 96.5 cm³/mol. The number of halogens is 1. The van der Waals surface area contributed by atoms with Crippen molar-refractivity contribution in [3.8, 4) is 0 Å². The average molecular weight is 376 g/mol. The van der Waals surface area contributed by atoms with E-state index in [0.717, 1.165) is 4.90 Å². The zero-order chi connectivity index (χ0) is 18.9. The van der Waals surface area contributed by atoms with Crippen LogP contribution in [-0.4, -0.2) is 37.2 Å². The van der Waals surface area contributed by atoms with Crippen LogP contribution in [0.5, 0.6) is 0 Å². The smallest absolute Gasteiger partial charge is 0.325 e. The van der Waals surface area contributed by atoms with Crippen molar-refractivity contribution in [2.75, 3.05) is 24.7 Å². The monoisotopic (exact) mass is 376 g/mol. The zero-order valence-electron chi connectivity index (χ0n) is 14.0. The minimum atomic E-state index is -0.541. The van der Waals surface area contributed by atoms with Crippen molar-refractivity contribution < 1.29 is 23.5 Å². The summed E-state index contributed by atoms with van der Waals surface area (Å²) in [6, 6.07) is 12.1. The van der Waals surface area contributed by atoms with Crippen LogP contribution in [0.25, 0.3) is 0 Å². The molecular weight excluding hydrogens is 359 g/mol. The molecule has 0 aliphatic heterocycles. The molecular formula is C18H17FN2O4S. The van der Waals surface area contributed by atoms with Crippen LogP contribution < -0.4 is 10.6 Å². The van der Waals surface area contributed by atoms with E-state index in [1.807, 2.05) is 0 Å². The molecule has 0 unspecified atom stereocenters. The standard InChI is InChI=1S/C18H17FN2O4S/c1-25-17(23)10-20-18(24)12-2-6-14(7-3-12)21-16(22)11-26-15-8-4-13(19)5-9-15/h2-9H,10-11H2,1H3,(H,20,24)(H,21,22). The first-order valence-corrected chi connectivity index (χ1v) is 8.60. The molecule has 2 amide bonds. The Labute approximate surface area is 154 Å². The minimum absolute atomic E-state index is 0.174. The molecule has 6 nitrogen and oxygen atoms in total. The normalized spacial score (nSPS) is 10.1. The molecule has 0 saturated carbocycles. The Balaban J connectivity index is 1.82. The molecule has 136 valence electrons. The Morgan fingerprint density at radius 2 is 1.69 bits per heavy atom. The van der Waals surface area contributed by atoms with Crippen LogP contribution in [0, 0.1) is 5.82 Å². The van der Waals surface area contributed by atoms with Gasteiger partial charge in [0.05, 0.1) is 12.9 Å². The van der Waals surface area contributed by atoms with E-state index in [2.05, 4.69) is 15.4 Å². The van der Waals surface area contributed by atoms with E-state index in [0.29, 0.717) is 11.3 Å². The van der Waals surface area contributed by atoms with Gasteiger partial charge in [-0.2, -0.15) is 0 Å². The van der Waals surface area contributed by atoms with Crippen LogP contribution in [0.1, 0.15) is 10.4 Å². The molecule has 0 fully saturated rings. The molecule has 0 aromatic heterocycles. The van der Waals surface area contributed by atoms with Crippen LogP contribution in [0.15, 0.2) is 53.4 Å².